The third kappa shape index (κ3) is 4.99. The Hall–Kier alpha value is -3.75. The number of hydrazine groups is 1. The summed E-state index contributed by atoms with van der Waals surface area (Å²) >= 11 is 0. The number of aromatic nitrogens is 3. The fraction of sp³-hybridized carbons (Fsp3) is 0.238. The van der Waals surface area contributed by atoms with E-state index in [1.165, 1.54) is 30.7 Å². The number of piperidine rings is 1. The Balaban J connectivity index is 1.53. The first-order chi connectivity index (χ1) is 14.7. The number of carbonyl (C=O) groups excluding carboxylic acids is 1. The van der Waals surface area contributed by atoms with Crippen molar-refractivity contribution >= 4 is 29.4 Å². The third-order valence-corrected chi connectivity index (χ3v) is 4.69. The van der Waals surface area contributed by atoms with E-state index in [4.69, 9.17) is 0 Å². The molecule has 0 aliphatic carbocycles. The number of para-hydroxylation sites is 1. The highest BCUT2D eigenvalue weighted by molar-refractivity contribution is 5.94. The second kappa shape index (κ2) is 9.17. The van der Waals surface area contributed by atoms with E-state index in [0.717, 1.165) is 31.6 Å². The van der Waals surface area contributed by atoms with Gasteiger partial charge < -0.3 is 10.2 Å². The molecule has 2 aromatic carbocycles. The van der Waals surface area contributed by atoms with Gasteiger partial charge in [0.25, 0.3) is 5.91 Å². The van der Waals surface area contributed by atoms with Gasteiger partial charge in [0.2, 0.25) is 17.8 Å². The lowest BCUT2D eigenvalue weighted by Gasteiger charge is -2.27. The Kier molecular flexibility index (Phi) is 5.98. The Labute approximate surface area is 173 Å². The summed E-state index contributed by atoms with van der Waals surface area (Å²) in [5.74, 6) is 0.295. The summed E-state index contributed by atoms with van der Waals surface area (Å²) in [5, 5.41) is 3.17. The third-order valence-electron chi connectivity index (χ3n) is 4.69. The fourth-order valence-corrected chi connectivity index (χ4v) is 3.15. The maximum atomic E-state index is 13.1. The monoisotopic (exact) mass is 407 g/mol. The Bertz CT molecular complexity index is 992. The van der Waals surface area contributed by atoms with Crippen LogP contribution in [0.4, 0.5) is 27.9 Å². The maximum Gasteiger partial charge on any atom is 0.269 e. The minimum absolute atomic E-state index is 0.208. The molecule has 154 valence electrons. The topological polar surface area (TPSA) is 95.1 Å². The van der Waals surface area contributed by atoms with Crippen molar-refractivity contribution in [3.8, 4) is 0 Å². The molecule has 3 aromatic rings. The van der Waals surface area contributed by atoms with Crippen LogP contribution in [0.2, 0.25) is 0 Å². The molecule has 1 aliphatic heterocycles. The van der Waals surface area contributed by atoms with Gasteiger partial charge in [-0.25, -0.2) is 4.39 Å². The molecule has 3 N–H and O–H groups in total. The van der Waals surface area contributed by atoms with Crippen molar-refractivity contribution in [2.75, 3.05) is 28.7 Å². The molecular formula is C21H22FN7O. The number of anilines is 4. The number of nitrogens with one attached hydrogen (secondary N) is 3. The average Bonchev–Trinajstić information content (AvgIpc) is 2.79. The van der Waals surface area contributed by atoms with Gasteiger partial charge in [0, 0.05) is 24.3 Å². The van der Waals surface area contributed by atoms with Crippen LogP contribution in [0.3, 0.4) is 0 Å². The van der Waals surface area contributed by atoms with Gasteiger partial charge >= 0.3 is 0 Å². The lowest BCUT2D eigenvalue weighted by Crippen LogP contribution is -2.33. The predicted octanol–water partition coefficient (Wildman–Crippen LogP) is 3.50. The van der Waals surface area contributed by atoms with Crippen molar-refractivity contribution in [2.24, 2.45) is 0 Å². The molecule has 1 saturated heterocycles. The summed E-state index contributed by atoms with van der Waals surface area (Å²) < 4.78 is 13.1. The van der Waals surface area contributed by atoms with E-state index in [1.807, 2.05) is 30.3 Å². The number of nitrogens with zero attached hydrogens (tertiary/aromatic N) is 4. The van der Waals surface area contributed by atoms with Crippen LogP contribution >= 0.6 is 0 Å². The number of carbonyl (C=O) groups is 1. The highest BCUT2D eigenvalue weighted by Gasteiger charge is 2.17. The molecule has 2 heterocycles. The van der Waals surface area contributed by atoms with Gasteiger partial charge in [0.15, 0.2) is 0 Å². The minimum Gasteiger partial charge on any atom is -0.341 e. The molecule has 0 unspecified atom stereocenters. The number of halogens is 1. The summed E-state index contributed by atoms with van der Waals surface area (Å²) in [7, 11) is 0. The van der Waals surface area contributed by atoms with Crippen molar-refractivity contribution in [3.63, 3.8) is 0 Å². The molecule has 0 saturated carbocycles. The zero-order valence-corrected chi connectivity index (χ0v) is 16.3. The van der Waals surface area contributed by atoms with Gasteiger partial charge in [-0.05, 0) is 55.7 Å². The quantitative estimate of drug-likeness (QED) is 0.538. The molecule has 0 atom stereocenters. The number of hydrogen-bond donors (Lipinski definition) is 3. The van der Waals surface area contributed by atoms with Crippen molar-refractivity contribution in [2.45, 2.75) is 19.3 Å². The molecular weight excluding hydrogens is 385 g/mol. The molecule has 30 heavy (non-hydrogen) atoms. The van der Waals surface area contributed by atoms with Crippen molar-refractivity contribution in [3.05, 3.63) is 66.0 Å². The van der Waals surface area contributed by atoms with Crippen LogP contribution in [0, 0.1) is 5.82 Å². The molecule has 1 amide bonds. The van der Waals surface area contributed by atoms with E-state index in [-0.39, 0.29) is 5.95 Å². The summed E-state index contributed by atoms with van der Waals surface area (Å²) in [6.45, 7) is 1.74. The molecule has 1 aliphatic rings. The molecule has 9 heteroatoms. The predicted molar refractivity (Wildman–Crippen MR) is 113 cm³/mol. The van der Waals surface area contributed by atoms with Crippen LogP contribution in [0.15, 0.2) is 54.6 Å². The number of hydrogen-bond acceptors (Lipinski definition) is 7. The highest BCUT2D eigenvalue weighted by Crippen LogP contribution is 2.20. The maximum absolute atomic E-state index is 13.1. The summed E-state index contributed by atoms with van der Waals surface area (Å²) in [6, 6.07) is 14.8. The van der Waals surface area contributed by atoms with Crippen molar-refractivity contribution in [1.82, 2.24) is 20.4 Å². The van der Waals surface area contributed by atoms with Gasteiger partial charge in [-0.1, -0.05) is 18.2 Å². The molecule has 0 bridgehead atoms. The second-order valence-electron chi connectivity index (χ2n) is 6.91. The minimum atomic E-state index is -0.424. The Morgan fingerprint density at radius 3 is 2.30 bits per heavy atom. The highest BCUT2D eigenvalue weighted by atomic mass is 19.1. The lowest BCUT2D eigenvalue weighted by atomic mass is 10.1. The smallest absolute Gasteiger partial charge is 0.269 e. The second-order valence-corrected chi connectivity index (χ2v) is 6.91. The first-order valence-corrected chi connectivity index (χ1v) is 9.82. The summed E-state index contributed by atoms with van der Waals surface area (Å²) in [4.78, 5) is 27.8. The van der Waals surface area contributed by atoms with E-state index in [9.17, 15) is 9.18 Å². The van der Waals surface area contributed by atoms with Gasteiger partial charge in [-0.3, -0.25) is 15.6 Å². The largest absolute Gasteiger partial charge is 0.341 e. The van der Waals surface area contributed by atoms with Crippen LogP contribution in [0.5, 0.6) is 0 Å². The van der Waals surface area contributed by atoms with Crippen LogP contribution in [0.1, 0.15) is 29.6 Å². The van der Waals surface area contributed by atoms with Crippen molar-refractivity contribution < 1.29 is 9.18 Å². The molecule has 0 radical (unpaired) electrons. The summed E-state index contributed by atoms with van der Waals surface area (Å²) in [5.41, 5.74) is 6.45. The number of amides is 1. The number of benzene rings is 2. The van der Waals surface area contributed by atoms with Crippen LogP contribution in [0.25, 0.3) is 0 Å². The van der Waals surface area contributed by atoms with E-state index in [2.05, 4.69) is 36.0 Å². The SMILES string of the molecule is O=C(NNc1nc(Nc2ccccc2)nc(N2CCCCC2)n1)c1ccc(F)cc1. The zero-order valence-electron chi connectivity index (χ0n) is 16.3. The van der Waals surface area contributed by atoms with Gasteiger partial charge in [-0.2, -0.15) is 15.0 Å². The summed E-state index contributed by atoms with van der Waals surface area (Å²) in [6.07, 6.45) is 3.35. The molecule has 4 rings (SSSR count). The number of rotatable bonds is 6. The molecule has 1 fully saturated rings. The molecule has 0 spiro atoms. The molecule has 8 nitrogen and oxygen atoms in total. The first kappa shape index (κ1) is 19.6. The first-order valence-electron chi connectivity index (χ1n) is 9.82. The Morgan fingerprint density at radius 1 is 0.867 bits per heavy atom. The van der Waals surface area contributed by atoms with E-state index >= 15 is 0 Å². The Morgan fingerprint density at radius 2 is 1.57 bits per heavy atom. The lowest BCUT2D eigenvalue weighted by molar-refractivity contribution is 0.0962. The van der Waals surface area contributed by atoms with E-state index < -0.39 is 11.7 Å². The van der Waals surface area contributed by atoms with Gasteiger partial charge in [0.1, 0.15) is 5.82 Å². The van der Waals surface area contributed by atoms with Crippen LogP contribution < -0.4 is 21.1 Å². The van der Waals surface area contributed by atoms with Crippen LogP contribution in [-0.2, 0) is 0 Å². The van der Waals surface area contributed by atoms with Crippen LogP contribution in [-0.4, -0.2) is 33.9 Å². The van der Waals surface area contributed by atoms with E-state index in [1.54, 1.807) is 0 Å². The normalized spacial score (nSPS) is 13.6. The van der Waals surface area contributed by atoms with Crippen molar-refractivity contribution in [1.29, 1.82) is 0 Å². The van der Waals surface area contributed by atoms with Gasteiger partial charge in [0.05, 0.1) is 0 Å². The molecule has 1 aromatic heterocycles. The zero-order chi connectivity index (χ0) is 20.8. The van der Waals surface area contributed by atoms with E-state index in [0.29, 0.717) is 17.5 Å². The standard InChI is InChI=1S/C21H22FN7O/c22-16-11-9-15(10-12-16)18(30)27-28-20-24-19(23-17-7-3-1-4-8-17)25-21(26-20)29-13-5-2-6-14-29/h1,3-4,7-12H,2,5-6,13-14H2,(H,27,30)(H2,23,24,25,26,28). The van der Waals surface area contributed by atoms with Gasteiger partial charge in [-0.15, -0.1) is 0 Å². The average molecular weight is 407 g/mol. The fourth-order valence-electron chi connectivity index (χ4n) is 3.15.